The second kappa shape index (κ2) is 20.3. The van der Waals surface area contributed by atoms with Crippen LogP contribution in [0.25, 0.3) is 166 Å². The van der Waals surface area contributed by atoms with Gasteiger partial charge in [0.1, 0.15) is 0 Å². The predicted octanol–water partition coefficient (Wildman–Crippen LogP) is 20.0. The molecule has 0 spiro atoms. The minimum atomic E-state index is 0.649. The lowest BCUT2D eigenvalue weighted by Crippen LogP contribution is -1.97. The number of aromatic nitrogens is 6. The van der Waals surface area contributed by atoms with E-state index in [4.69, 9.17) is 29.9 Å². The first kappa shape index (κ1) is 48.6. The maximum atomic E-state index is 5.39. The Balaban J connectivity index is 0.766. The molecule has 0 saturated heterocycles. The van der Waals surface area contributed by atoms with Crippen molar-refractivity contribution in [3.63, 3.8) is 0 Å². The fourth-order valence-electron chi connectivity index (χ4n) is 12.2. The average molecular weight is 1070 g/mol. The van der Waals surface area contributed by atoms with Gasteiger partial charge in [-0.2, -0.15) is 0 Å². The zero-order valence-corrected chi connectivity index (χ0v) is 45.4. The number of hydrogen-bond acceptors (Lipinski definition) is 6. The Morgan fingerprint density at radius 3 is 0.940 bits per heavy atom. The van der Waals surface area contributed by atoms with Gasteiger partial charge in [-0.15, -0.1) is 0 Å². The summed E-state index contributed by atoms with van der Waals surface area (Å²) >= 11 is 0. The van der Waals surface area contributed by atoms with Gasteiger partial charge in [0.2, 0.25) is 0 Å². The van der Waals surface area contributed by atoms with Crippen molar-refractivity contribution >= 4 is 64.9 Å². The number of hydrogen-bond donors (Lipinski definition) is 0. The topological polar surface area (TPSA) is 77.3 Å². The summed E-state index contributed by atoms with van der Waals surface area (Å²) in [6.07, 6.45) is 3.71. The first-order valence-corrected chi connectivity index (χ1v) is 28.3. The zero-order valence-electron chi connectivity index (χ0n) is 45.4. The quantitative estimate of drug-likeness (QED) is 0.134. The van der Waals surface area contributed by atoms with Gasteiger partial charge in [0.25, 0.3) is 0 Å². The van der Waals surface area contributed by atoms with Crippen molar-refractivity contribution in [1.29, 1.82) is 0 Å². The monoisotopic (exact) mass is 1070 g/mol. The first-order chi connectivity index (χ1) is 41.6. The van der Waals surface area contributed by atoms with E-state index in [1.54, 1.807) is 0 Å². The number of rotatable bonds is 9. The lowest BCUT2D eigenvalue weighted by Gasteiger charge is -2.14. The highest BCUT2D eigenvalue weighted by atomic mass is 14.9. The van der Waals surface area contributed by atoms with Gasteiger partial charge in [0.05, 0.1) is 33.8 Å². The van der Waals surface area contributed by atoms with E-state index in [9.17, 15) is 0 Å². The molecule has 6 heteroatoms. The van der Waals surface area contributed by atoms with Crippen molar-refractivity contribution in [1.82, 2.24) is 29.9 Å². The van der Waals surface area contributed by atoms with Gasteiger partial charge in [-0.3, -0.25) is 9.97 Å². The van der Waals surface area contributed by atoms with E-state index in [0.29, 0.717) is 11.6 Å². The SMILES string of the molecule is c1cnc2c(-c3ccc(-c4cc(-c5cc6ccccc6c6ccccc56)nc(-c5ccc(-c6ccc(-c7nc(-c8ccc(-c9cccc%10cccnc9%10)cc8)cc(-c8cc9ccccc9c9ccccc89)n7)cc6)cc5)n4)cc3)cccc2c1. The van der Waals surface area contributed by atoms with Crippen molar-refractivity contribution in [2.45, 2.75) is 0 Å². The largest absolute Gasteiger partial charge is 0.256 e. The lowest BCUT2D eigenvalue weighted by molar-refractivity contribution is 1.18. The van der Waals surface area contributed by atoms with Crippen LogP contribution in [-0.4, -0.2) is 29.9 Å². The van der Waals surface area contributed by atoms with Crippen LogP contribution in [0.15, 0.2) is 291 Å². The molecule has 0 N–H and O–H groups in total. The molecule has 0 unspecified atom stereocenters. The molecule has 4 aromatic heterocycles. The normalized spacial score (nSPS) is 11.6. The molecule has 0 aliphatic rings. The molecule has 16 aromatic rings. The maximum Gasteiger partial charge on any atom is 0.160 e. The molecular formula is C78H48N6. The van der Waals surface area contributed by atoms with Crippen LogP contribution in [0.1, 0.15) is 0 Å². The van der Waals surface area contributed by atoms with Crippen LogP contribution in [0.4, 0.5) is 0 Å². The number of para-hydroxylation sites is 2. The van der Waals surface area contributed by atoms with Gasteiger partial charge >= 0.3 is 0 Å². The molecular weight excluding hydrogens is 1020 g/mol. The molecule has 0 aliphatic heterocycles. The third-order valence-electron chi connectivity index (χ3n) is 16.4. The summed E-state index contributed by atoms with van der Waals surface area (Å²) in [4.78, 5) is 30.9. The summed E-state index contributed by atoms with van der Waals surface area (Å²) in [6, 6.07) is 98.6. The minimum absolute atomic E-state index is 0.649. The Morgan fingerprint density at radius 1 is 0.190 bits per heavy atom. The highest BCUT2D eigenvalue weighted by Gasteiger charge is 2.19. The molecule has 390 valence electrons. The molecule has 12 aromatic carbocycles. The Kier molecular flexibility index (Phi) is 11.8. The molecule has 0 atom stereocenters. The Labute approximate surface area is 484 Å². The number of fused-ring (bicyclic) bond motifs is 8. The molecule has 0 saturated carbocycles. The number of benzene rings is 12. The number of nitrogens with zero attached hydrogens (tertiary/aromatic N) is 6. The third kappa shape index (κ3) is 8.69. The van der Waals surface area contributed by atoms with Gasteiger partial charge in [0.15, 0.2) is 11.6 Å². The minimum Gasteiger partial charge on any atom is -0.256 e. The third-order valence-corrected chi connectivity index (χ3v) is 16.4. The zero-order chi connectivity index (χ0) is 55.5. The second-order valence-corrected chi connectivity index (χ2v) is 21.4. The van der Waals surface area contributed by atoms with E-state index in [-0.39, 0.29) is 0 Å². The fourth-order valence-corrected chi connectivity index (χ4v) is 12.2. The van der Waals surface area contributed by atoms with Crippen molar-refractivity contribution in [3.05, 3.63) is 291 Å². The Morgan fingerprint density at radius 2 is 0.512 bits per heavy atom. The van der Waals surface area contributed by atoms with Gasteiger partial charge in [-0.25, -0.2) is 19.9 Å². The molecule has 4 heterocycles. The highest BCUT2D eigenvalue weighted by Crippen LogP contribution is 2.40. The standard InChI is InChI=1S/C78H48N6/c1-3-19-61-59(13-1)45-69(67-23-7-5-21-65(61)67)73-47-71(53-35-31-51(32-36-53)63-25-9-15-55-17-11-43-79-75(55)63)81-77(83-73)57-39-27-49(28-40-57)50-29-41-58(42-30-50)78-82-72(54-37-33-52(34-38-54)64-26-10-16-56-18-12-44-80-76(56)64)48-74(84-78)70-46-60-14-2-4-20-62(60)66-22-6-8-24-68(66)70/h1-48H. The average Bonchev–Trinajstić information content (AvgIpc) is 2.93. The fraction of sp³-hybridized carbons (Fsp3) is 0. The molecule has 0 aliphatic carbocycles. The van der Waals surface area contributed by atoms with Gasteiger partial charge < -0.3 is 0 Å². The summed E-state index contributed by atoms with van der Waals surface area (Å²) < 4.78 is 0. The van der Waals surface area contributed by atoms with Crippen LogP contribution in [0.2, 0.25) is 0 Å². The molecule has 16 rings (SSSR count). The molecule has 0 bridgehead atoms. The van der Waals surface area contributed by atoms with E-state index < -0.39 is 0 Å². The Hall–Kier alpha value is -11.3. The van der Waals surface area contributed by atoms with Crippen LogP contribution in [0, 0.1) is 0 Å². The van der Waals surface area contributed by atoms with Crippen LogP contribution in [0.5, 0.6) is 0 Å². The van der Waals surface area contributed by atoms with Gasteiger partial charge in [-0.05, 0) is 102 Å². The van der Waals surface area contributed by atoms with E-state index in [1.807, 2.05) is 24.5 Å². The maximum absolute atomic E-state index is 5.39. The van der Waals surface area contributed by atoms with Gasteiger partial charge in [-0.1, -0.05) is 243 Å². The van der Waals surface area contributed by atoms with E-state index in [2.05, 4.69) is 267 Å². The van der Waals surface area contributed by atoms with Gasteiger partial charge in [0, 0.05) is 67.7 Å². The summed E-state index contributed by atoms with van der Waals surface area (Å²) in [6.45, 7) is 0. The van der Waals surface area contributed by atoms with Crippen LogP contribution < -0.4 is 0 Å². The lowest BCUT2D eigenvalue weighted by atomic mass is 9.94. The van der Waals surface area contributed by atoms with Crippen molar-refractivity contribution in [3.8, 4) is 101 Å². The first-order valence-electron chi connectivity index (χ1n) is 28.3. The molecule has 84 heavy (non-hydrogen) atoms. The van der Waals surface area contributed by atoms with Crippen molar-refractivity contribution in [2.75, 3.05) is 0 Å². The van der Waals surface area contributed by atoms with Crippen LogP contribution in [0.3, 0.4) is 0 Å². The summed E-state index contributed by atoms with van der Waals surface area (Å²) in [5, 5.41) is 11.6. The Bertz CT molecular complexity index is 4890. The molecule has 0 amide bonds. The van der Waals surface area contributed by atoms with E-state index >= 15 is 0 Å². The summed E-state index contributed by atoms with van der Waals surface area (Å²) in [7, 11) is 0. The van der Waals surface area contributed by atoms with Crippen LogP contribution >= 0.6 is 0 Å². The number of pyridine rings is 2. The summed E-state index contributed by atoms with van der Waals surface area (Å²) in [5.41, 5.74) is 17.8. The van der Waals surface area contributed by atoms with Crippen molar-refractivity contribution < 1.29 is 0 Å². The van der Waals surface area contributed by atoms with E-state index in [0.717, 1.165) is 133 Å². The smallest absolute Gasteiger partial charge is 0.160 e. The highest BCUT2D eigenvalue weighted by molar-refractivity contribution is 6.15. The van der Waals surface area contributed by atoms with Crippen LogP contribution in [-0.2, 0) is 0 Å². The molecule has 6 nitrogen and oxygen atoms in total. The second-order valence-electron chi connectivity index (χ2n) is 21.4. The summed E-state index contributed by atoms with van der Waals surface area (Å²) in [5.74, 6) is 1.30. The molecule has 0 fully saturated rings. The predicted molar refractivity (Wildman–Crippen MR) is 347 cm³/mol. The van der Waals surface area contributed by atoms with Crippen molar-refractivity contribution in [2.24, 2.45) is 0 Å². The molecule has 0 radical (unpaired) electrons. The van der Waals surface area contributed by atoms with E-state index in [1.165, 1.54) is 21.5 Å².